The Morgan fingerprint density at radius 1 is 1.45 bits per heavy atom. The van der Waals surface area contributed by atoms with Crippen molar-refractivity contribution in [3.8, 4) is 0 Å². The van der Waals surface area contributed by atoms with Crippen LogP contribution in [0.2, 0.25) is 5.02 Å². The summed E-state index contributed by atoms with van der Waals surface area (Å²) in [7, 11) is 1.34. The van der Waals surface area contributed by atoms with Gasteiger partial charge in [0.15, 0.2) is 0 Å². The summed E-state index contributed by atoms with van der Waals surface area (Å²) in [6.07, 6.45) is 1.40. The molecule has 1 aromatic carbocycles. The Kier molecular flexibility index (Phi) is 4.82. The van der Waals surface area contributed by atoms with E-state index in [1.54, 1.807) is 6.07 Å². The number of esters is 1. The molecule has 0 saturated heterocycles. The summed E-state index contributed by atoms with van der Waals surface area (Å²) in [4.78, 5) is 11.3. The van der Waals surface area contributed by atoms with E-state index in [9.17, 15) is 4.79 Å². The van der Waals surface area contributed by atoms with Crippen LogP contribution in [0.1, 0.15) is 34.6 Å². The van der Waals surface area contributed by atoms with Gasteiger partial charge in [-0.1, -0.05) is 23.7 Å². The molecule has 0 amide bonds. The summed E-state index contributed by atoms with van der Waals surface area (Å²) in [5.74, 6) is 0.280. The smallest absolute Gasteiger partial charge is 0.341 e. The quantitative estimate of drug-likeness (QED) is 0.856. The van der Waals surface area contributed by atoms with Gasteiger partial charge in [-0.2, -0.15) is 0 Å². The Labute approximate surface area is 122 Å². The third kappa shape index (κ3) is 3.62. The van der Waals surface area contributed by atoms with Crippen molar-refractivity contribution in [1.82, 2.24) is 5.32 Å². The summed E-state index contributed by atoms with van der Waals surface area (Å²) < 4.78 is 9.93. The topological polar surface area (TPSA) is 51.5 Å². The van der Waals surface area contributed by atoms with Crippen LogP contribution < -0.4 is 5.32 Å². The molecule has 1 N–H and O–H groups in total. The van der Waals surface area contributed by atoms with E-state index >= 15 is 0 Å². The second-order valence-electron chi connectivity index (χ2n) is 4.45. The van der Waals surface area contributed by atoms with Gasteiger partial charge in [-0.3, -0.25) is 0 Å². The van der Waals surface area contributed by atoms with Crippen molar-refractivity contribution < 1.29 is 13.9 Å². The minimum atomic E-state index is -0.400. The first kappa shape index (κ1) is 14.6. The van der Waals surface area contributed by atoms with Crippen molar-refractivity contribution >= 4 is 17.6 Å². The standard InChI is InChI=1S/C15H16ClNO3/c1-10(11-4-3-5-13(16)6-11)17-8-14-7-12(9-20-14)15(18)19-2/h3-7,9-10,17H,8H2,1-2H3/t10-/m0/s1. The van der Waals surface area contributed by atoms with Gasteiger partial charge in [-0.15, -0.1) is 0 Å². The Hall–Kier alpha value is -1.78. The lowest BCUT2D eigenvalue weighted by atomic mass is 10.1. The van der Waals surface area contributed by atoms with Gasteiger partial charge in [0.05, 0.1) is 19.2 Å². The molecule has 0 bridgehead atoms. The summed E-state index contributed by atoms with van der Waals surface area (Å²) in [6, 6.07) is 9.47. The molecule has 2 rings (SSSR count). The zero-order valence-corrected chi connectivity index (χ0v) is 12.1. The van der Waals surface area contributed by atoms with Gasteiger partial charge in [0, 0.05) is 11.1 Å². The summed E-state index contributed by atoms with van der Waals surface area (Å²) in [5, 5.41) is 4.02. The summed E-state index contributed by atoms with van der Waals surface area (Å²) in [5.41, 5.74) is 1.51. The van der Waals surface area contributed by atoms with Gasteiger partial charge in [-0.05, 0) is 30.7 Å². The Balaban J connectivity index is 1.95. The number of furan rings is 1. The van der Waals surface area contributed by atoms with Crippen molar-refractivity contribution in [3.63, 3.8) is 0 Å². The number of rotatable bonds is 5. The van der Waals surface area contributed by atoms with Crippen molar-refractivity contribution in [2.75, 3.05) is 7.11 Å². The van der Waals surface area contributed by atoms with Gasteiger partial charge < -0.3 is 14.5 Å². The number of methoxy groups -OCH3 is 1. The number of carbonyl (C=O) groups is 1. The average molecular weight is 294 g/mol. The lowest BCUT2D eigenvalue weighted by Gasteiger charge is -2.13. The van der Waals surface area contributed by atoms with Gasteiger partial charge >= 0.3 is 5.97 Å². The molecule has 106 valence electrons. The number of hydrogen-bond donors (Lipinski definition) is 1. The molecule has 0 aliphatic carbocycles. The molecule has 2 aromatic rings. The van der Waals surface area contributed by atoms with Gasteiger partial charge in [-0.25, -0.2) is 4.79 Å². The molecule has 4 nitrogen and oxygen atoms in total. The Morgan fingerprint density at radius 3 is 2.95 bits per heavy atom. The molecule has 0 unspecified atom stereocenters. The van der Waals surface area contributed by atoms with Crippen LogP contribution in [0.4, 0.5) is 0 Å². The second-order valence-corrected chi connectivity index (χ2v) is 4.89. The van der Waals surface area contributed by atoms with Crippen LogP contribution in [-0.4, -0.2) is 13.1 Å². The molecule has 0 radical (unpaired) electrons. The van der Waals surface area contributed by atoms with Gasteiger partial charge in [0.25, 0.3) is 0 Å². The zero-order chi connectivity index (χ0) is 14.5. The lowest BCUT2D eigenvalue weighted by molar-refractivity contribution is 0.0600. The van der Waals surface area contributed by atoms with Crippen LogP contribution in [0.5, 0.6) is 0 Å². The van der Waals surface area contributed by atoms with Crippen LogP contribution in [0.15, 0.2) is 41.0 Å². The molecule has 20 heavy (non-hydrogen) atoms. The third-order valence-electron chi connectivity index (χ3n) is 3.01. The Bertz CT molecular complexity index is 594. The van der Waals surface area contributed by atoms with Crippen molar-refractivity contribution in [2.24, 2.45) is 0 Å². The van der Waals surface area contributed by atoms with Crippen molar-refractivity contribution in [1.29, 1.82) is 0 Å². The Morgan fingerprint density at radius 2 is 2.25 bits per heavy atom. The minimum absolute atomic E-state index is 0.125. The van der Waals surface area contributed by atoms with E-state index in [-0.39, 0.29) is 6.04 Å². The third-order valence-corrected chi connectivity index (χ3v) is 3.24. The maximum atomic E-state index is 11.3. The fourth-order valence-corrected chi connectivity index (χ4v) is 2.04. The highest BCUT2D eigenvalue weighted by Gasteiger charge is 2.11. The highest BCUT2D eigenvalue weighted by molar-refractivity contribution is 6.30. The molecule has 5 heteroatoms. The highest BCUT2D eigenvalue weighted by Crippen LogP contribution is 2.18. The fourth-order valence-electron chi connectivity index (χ4n) is 1.85. The first-order chi connectivity index (χ1) is 9.60. The molecule has 0 saturated carbocycles. The maximum Gasteiger partial charge on any atom is 0.341 e. The van der Waals surface area contributed by atoms with E-state index in [0.29, 0.717) is 22.9 Å². The van der Waals surface area contributed by atoms with Crippen LogP contribution >= 0.6 is 11.6 Å². The first-order valence-electron chi connectivity index (χ1n) is 6.24. The van der Waals surface area contributed by atoms with Crippen LogP contribution in [-0.2, 0) is 11.3 Å². The first-order valence-corrected chi connectivity index (χ1v) is 6.62. The minimum Gasteiger partial charge on any atom is -0.467 e. The van der Waals surface area contributed by atoms with Gasteiger partial charge in [0.2, 0.25) is 0 Å². The molecule has 0 aliphatic rings. The van der Waals surface area contributed by atoms with E-state index in [4.69, 9.17) is 16.0 Å². The number of hydrogen-bond acceptors (Lipinski definition) is 4. The molecule has 0 aliphatic heterocycles. The molecular weight excluding hydrogens is 278 g/mol. The largest absolute Gasteiger partial charge is 0.467 e. The molecule has 1 aromatic heterocycles. The van der Waals surface area contributed by atoms with E-state index in [1.165, 1.54) is 13.4 Å². The maximum absolute atomic E-state index is 11.3. The molecule has 0 spiro atoms. The van der Waals surface area contributed by atoms with Crippen LogP contribution in [0.3, 0.4) is 0 Å². The lowest BCUT2D eigenvalue weighted by Crippen LogP contribution is -2.17. The van der Waals surface area contributed by atoms with Crippen molar-refractivity contribution in [3.05, 3.63) is 58.5 Å². The number of ether oxygens (including phenoxy) is 1. The van der Waals surface area contributed by atoms with E-state index in [1.807, 2.05) is 31.2 Å². The van der Waals surface area contributed by atoms with Gasteiger partial charge in [0.1, 0.15) is 12.0 Å². The SMILES string of the molecule is COC(=O)c1coc(CN[C@@H](C)c2cccc(Cl)c2)c1. The number of carbonyl (C=O) groups excluding carboxylic acids is 1. The normalized spacial score (nSPS) is 12.2. The summed E-state index contributed by atoms with van der Waals surface area (Å²) >= 11 is 5.96. The fraction of sp³-hybridized carbons (Fsp3) is 0.267. The van der Waals surface area contributed by atoms with E-state index < -0.39 is 5.97 Å². The molecule has 0 fully saturated rings. The predicted molar refractivity (Wildman–Crippen MR) is 76.8 cm³/mol. The number of nitrogens with one attached hydrogen (secondary N) is 1. The average Bonchev–Trinajstić information content (AvgIpc) is 2.92. The van der Waals surface area contributed by atoms with E-state index in [0.717, 1.165) is 5.56 Å². The number of halogens is 1. The van der Waals surface area contributed by atoms with E-state index in [2.05, 4.69) is 10.1 Å². The number of benzene rings is 1. The highest BCUT2D eigenvalue weighted by atomic mass is 35.5. The monoisotopic (exact) mass is 293 g/mol. The summed E-state index contributed by atoms with van der Waals surface area (Å²) in [6.45, 7) is 2.56. The van der Waals surface area contributed by atoms with Crippen LogP contribution in [0.25, 0.3) is 0 Å². The molecule has 1 atom stereocenters. The zero-order valence-electron chi connectivity index (χ0n) is 11.4. The predicted octanol–water partition coefficient (Wildman–Crippen LogP) is 3.57. The van der Waals surface area contributed by atoms with Crippen LogP contribution in [0, 0.1) is 0 Å². The molecule has 1 heterocycles. The van der Waals surface area contributed by atoms with Crippen molar-refractivity contribution in [2.45, 2.75) is 19.5 Å². The molecular formula is C15H16ClNO3. The second kappa shape index (κ2) is 6.59.